The van der Waals surface area contributed by atoms with Crippen molar-refractivity contribution in [2.24, 2.45) is 0 Å². The van der Waals surface area contributed by atoms with E-state index >= 15 is 0 Å². The summed E-state index contributed by atoms with van der Waals surface area (Å²) < 4.78 is 87.1. The Morgan fingerprint density at radius 2 is 1.04 bits per heavy atom. The Labute approximate surface area is 163 Å². The molecular formula is C15H8Br2F6S2. The maximum atomic E-state index is 14.5. The molecule has 0 bridgehead atoms. The molecule has 0 saturated carbocycles. The predicted octanol–water partition coefficient (Wildman–Crippen LogP) is 7.78. The van der Waals surface area contributed by atoms with Crippen molar-refractivity contribution in [3.05, 3.63) is 40.6 Å². The van der Waals surface area contributed by atoms with E-state index < -0.39 is 28.9 Å². The van der Waals surface area contributed by atoms with Gasteiger partial charge in [-0.15, -0.1) is 22.7 Å². The lowest BCUT2D eigenvalue weighted by molar-refractivity contribution is -0.254. The minimum atomic E-state index is -5.52. The van der Waals surface area contributed by atoms with Crippen LogP contribution in [0.5, 0.6) is 0 Å². The number of hydrogen-bond acceptors (Lipinski definition) is 2. The van der Waals surface area contributed by atoms with E-state index in [2.05, 4.69) is 31.9 Å². The molecule has 0 N–H and O–H groups in total. The number of halogens is 8. The van der Waals surface area contributed by atoms with E-state index in [1.807, 2.05) is 0 Å². The molecule has 2 aromatic heterocycles. The van der Waals surface area contributed by atoms with Gasteiger partial charge in [-0.1, -0.05) is 0 Å². The molecular weight excluding hydrogens is 518 g/mol. The smallest absolute Gasteiger partial charge is 0.194 e. The maximum absolute atomic E-state index is 14.5. The van der Waals surface area contributed by atoms with E-state index in [0.717, 1.165) is 22.7 Å². The van der Waals surface area contributed by atoms with Gasteiger partial charge in [0.15, 0.2) is 0 Å². The Bertz CT molecular complexity index is 824. The summed E-state index contributed by atoms with van der Waals surface area (Å²) in [5.41, 5.74) is -3.21. The first-order valence-corrected chi connectivity index (χ1v) is 9.95. The molecule has 25 heavy (non-hydrogen) atoms. The number of thiophene rings is 2. The predicted molar refractivity (Wildman–Crippen MR) is 95.2 cm³/mol. The lowest BCUT2D eigenvalue weighted by atomic mass is 9.96. The van der Waals surface area contributed by atoms with Crippen LogP contribution >= 0.6 is 54.5 Å². The van der Waals surface area contributed by atoms with E-state index in [9.17, 15) is 26.3 Å². The summed E-state index contributed by atoms with van der Waals surface area (Å²) in [7, 11) is 0. The molecule has 0 radical (unpaired) electrons. The fraction of sp³-hybridized carbons (Fsp3) is 0.333. The molecule has 0 aliphatic heterocycles. The third-order valence-corrected chi connectivity index (χ3v) is 7.09. The topological polar surface area (TPSA) is 0 Å². The van der Waals surface area contributed by atoms with Crippen LogP contribution in [0.15, 0.2) is 19.7 Å². The van der Waals surface area contributed by atoms with Gasteiger partial charge >= 0.3 is 17.8 Å². The lowest BCUT2D eigenvalue weighted by Gasteiger charge is -2.25. The number of alkyl halides is 6. The van der Waals surface area contributed by atoms with Crippen LogP contribution in [0.4, 0.5) is 26.3 Å². The molecule has 136 valence electrons. The molecule has 0 amide bonds. The van der Waals surface area contributed by atoms with Gasteiger partial charge in [-0.3, -0.25) is 0 Å². The highest BCUT2D eigenvalue weighted by atomic mass is 79.9. The minimum absolute atomic E-state index is 0.250. The van der Waals surface area contributed by atoms with Gasteiger partial charge in [-0.25, -0.2) is 0 Å². The zero-order valence-corrected chi connectivity index (χ0v) is 17.3. The van der Waals surface area contributed by atoms with E-state index in [-0.39, 0.29) is 20.9 Å². The van der Waals surface area contributed by atoms with Gasteiger partial charge in [0.2, 0.25) is 0 Å². The third kappa shape index (κ3) is 2.58. The Morgan fingerprint density at radius 3 is 1.28 bits per heavy atom. The zero-order valence-electron chi connectivity index (χ0n) is 12.5. The molecule has 0 fully saturated rings. The number of rotatable bonds is 2. The minimum Gasteiger partial charge on any atom is -0.194 e. The Morgan fingerprint density at radius 1 is 0.720 bits per heavy atom. The molecule has 1 aliphatic rings. The first-order chi connectivity index (χ1) is 11.3. The second-order valence-electron chi connectivity index (χ2n) is 5.51. The summed E-state index contributed by atoms with van der Waals surface area (Å²) in [6.07, 6.45) is 0. The van der Waals surface area contributed by atoms with Crippen LogP contribution in [0.2, 0.25) is 0 Å². The van der Waals surface area contributed by atoms with Crippen molar-refractivity contribution in [1.82, 2.24) is 0 Å². The molecule has 0 spiro atoms. The highest BCUT2D eigenvalue weighted by Gasteiger charge is 2.80. The summed E-state index contributed by atoms with van der Waals surface area (Å²) in [6.45, 7) is 2.85. The average Bonchev–Trinajstić information content (AvgIpc) is 2.98. The summed E-state index contributed by atoms with van der Waals surface area (Å²) in [5.74, 6) is -15.5. The van der Waals surface area contributed by atoms with E-state index in [1.54, 1.807) is 0 Å². The van der Waals surface area contributed by atoms with Crippen LogP contribution < -0.4 is 0 Å². The quantitative estimate of drug-likeness (QED) is 0.351. The maximum Gasteiger partial charge on any atom is 0.380 e. The summed E-state index contributed by atoms with van der Waals surface area (Å²) >= 11 is 8.21. The molecule has 0 saturated heterocycles. The van der Waals surface area contributed by atoms with Crippen molar-refractivity contribution in [1.29, 1.82) is 0 Å². The highest BCUT2D eigenvalue weighted by molar-refractivity contribution is 9.11. The van der Waals surface area contributed by atoms with Gasteiger partial charge in [0.05, 0.1) is 7.57 Å². The molecule has 2 aromatic rings. The molecule has 10 heteroatoms. The Kier molecular flexibility index (Phi) is 4.54. The van der Waals surface area contributed by atoms with Crippen LogP contribution in [-0.4, -0.2) is 17.8 Å². The van der Waals surface area contributed by atoms with Gasteiger partial charge in [0.25, 0.3) is 0 Å². The molecule has 0 atom stereocenters. The molecule has 3 rings (SSSR count). The monoisotopic (exact) mass is 524 g/mol. The van der Waals surface area contributed by atoms with Crippen LogP contribution in [0.3, 0.4) is 0 Å². The first-order valence-electron chi connectivity index (χ1n) is 6.73. The van der Waals surface area contributed by atoms with Crippen molar-refractivity contribution < 1.29 is 26.3 Å². The van der Waals surface area contributed by atoms with Gasteiger partial charge in [0.1, 0.15) is 0 Å². The average molecular weight is 526 g/mol. The lowest BCUT2D eigenvalue weighted by Crippen LogP contribution is -2.48. The molecule has 0 nitrogen and oxygen atoms in total. The van der Waals surface area contributed by atoms with E-state index in [1.165, 1.54) is 26.0 Å². The van der Waals surface area contributed by atoms with Crippen LogP contribution in [0, 0.1) is 13.8 Å². The zero-order chi connectivity index (χ0) is 18.9. The normalized spacial score (nSPS) is 21.2. The Hall–Kier alpha value is -0.320. The van der Waals surface area contributed by atoms with Crippen molar-refractivity contribution in [2.75, 3.05) is 0 Å². The van der Waals surface area contributed by atoms with Gasteiger partial charge < -0.3 is 0 Å². The second kappa shape index (κ2) is 5.84. The number of aryl methyl sites for hydroxylation is 2. The van der Waals surface area contributed by atoms with Crippen molar-refractivity contribution >= 4 is 65.7 Å². The summed E-state index contributed by atoms with van der Waals surface area (Å²) in [4.78, 5) is 0.499. The molecule has 1 aliphatic carbocycles. The molecule has 0 unspecified atom stereocenters. The summed E-state index contributed by atoms with van der Waals surface area (Å²) in [6, 6.07) is 2.36. The van der Waals surface area contributed by atoms with Crippen molar-refractivity contribution in [3.63, 3.8) is 0 Å². The third-order valence-electron chi connectivity index (χ3n) is 3.98. The molecule has 0 aromatic carbocycles. The molecule has 2 heterocycles. The SMILES string of the molecule is Cc1sc(Br)cc1C1=C(c2cc(Br)sc2C)C(F)(F)C(F)(F)C1(F)F. The van der Waals surface area contributed by atoms with Crippen molar-refractivity contribution in [2.45, 2.75) is 31.6 Å². The van der Waals surface area contributed by atoms with E-state index in [0.29, 0.717) is 7.57 Å². The van der Waals surface area contributed by atoms with Crippen LogP contribution in [-0.2, 0) is 0 Å². The van der Waals surface area contributed by atoms with E-state index in [4.69, 9.17) is 0 Å². The number of allylic oxidation sites excluding steroid dienone is 2. The van der Waals surface area contributed by atoms with Gasteiger partial charge in [-0.2, -0.15) is 26.3 Å². The fourth-order valence-electron chi connectivity index (χ4n) is 2.82. The largest absolute Gasteiger partial charge is 0.380 e. The first kappa shape index (κ1) is 19.4. The second-order valence-corrected chi connectivity index (χ2v) is 10.8. The highest BCUT2D eigenvalue weighted by Crippen LogP contribution is 2.65. The van der Waals surface area contributed by atoms with Crippen LogP contribution in [0.25, 0.3) is 11.1 Å². The standard InChI is InChI=1S/C15H8Br2F6S2/c1-5-7(3-9(16)24-5)11-12(8-4-10(17)25-6(8)2)14(20,21)15(22,23)13(11,18)19/h3-4H,1-2H3. The fourth-order valence-corrected chi connectivity index (χ4v) is 6.22. The van der Waals surface area contributed by atoms with Crippen molar-refractivity contribution in [3.8, 4) is 0 Å². The van der Waals surface area contributed by atoms with Crippen LogP contribution in [0.1, 0.15) is 20.9 Å². The Balaban J connectivity index is 2.46. The summed E-state index contributed by atoms with van der Waals surface area (Å²) in [5, 5.41) is 0. The number of hydrogen-bond donors (Lipinski definition) is 0. The van der Waals surface area contributed by atoms with Gasteiger partial charge in [0, 0.05) is 20.9 Å². The van der Waals surface area contributed by atoms with Gasteiger partial charge in [-0.05, 0) is 69.0 Å².